The predicted molar refractivity (Wildman–Crippen MR) is 105 cm³/mol. The van der Waals surface area contributed by atoms with Crippen molar-refractivity contribution < 1.29 is 9.31 Å². The number of nitriles is 1. The van der Waals surface area contributed by atoms with Gasteiger partial charge in [0.25, 0.3) is 5.69 Å². The van der Waals surface area contributed by atoms with Crippen molar-refractivity contribution in [2.75, 3.05) is 5.32 Å². The number of aromatic nitrogens is 5. The zero-order valence-electron chi connectivity index (χ0n) is 15.2. The fraction of sp³-hybridized carbons (Fsp3) is 0.0556. The summed E-state index contributed by atoms with van der Waals surface area (Å²) in [7, 11) is 0. The number of nitrogens with zero attached hydrogens (tertiary/aromatic N) is 7. The molecule has 0 bridgehead atoms. The van der Waals surface area contributed by atoms with Crippen LogP contribution in [0.5, 0.6) is 0 Å². The van der Waals surface area contributed by atoms with E-state index in [0.29, 0.717) is 11.2 Å². The maximum Gasteiger partial charge on any atom is 0.272 e. The third-order valence-corrected chi connectivity index (χ3v) is 4.45. The summed E-state index contributed by atoms with van der Waals surface area (Å²) in [5, 5.41) is 27.8. The lowest BCUT2D eigenvalue weighted by molar-refractivity contribution is -0.384. The topological polar surface area (TPSA) is 135 Å². The van der Waals surface area contributed by atoms with Crippen LogP contribution >= 0.6 is 11.6 Å². The molecule has 1 aromatic carbocycles. The summed E-state index contributed by atoms with van der Waals surface area (Å²) >= 11 is 6.19. The highest BCUT2D eigenvalue weighted by Crippen LogP contribution is 2.32. The zero-order valence-corrected chi connectivity index (χ0v) is 15.9. The highest BCUT2D eigenvalue weighted by atomic mass is 35.5. The van der Waals surface area contributed by atoms with Gasteiger partial charge < -0.3 is 5.32 Å². The largest absolute Gasteiger partial charge is 0.324 e. The number of halogens is 2. The van der Waals surface area contributed by atoms with Crippen molar-refractivity contribution in [3.8, 4) is 11.8 Å². The van der Waals surface area contributed by atoms with Gasteiger partial charge in [0.15, 0.2) is 5.82 Å². The fourth-order valence-corrected chi connectivity index (χ4v) is 3.14. The van der Waals surface area contributed by atoms with Gasteiger partial charge in [0.05, 0.1) is 27.1 Å². The Labute approximate surface area is 172 Å². The van der Waals surface area contributed by atoms with Crippen molar-refractivity contribution in [3.63, 3.8) is 0 Å². The van der Waals surface area contributed by atoms with E-state index in [2.05, 4.69) is 25.4 Å². The van der Waals surface area contributed by atoms with E-state index < -0.39 is 10.7 Å². The first-order valence-electron chi connectivity index (χ1n) is 8.35. The fourth-order valence-electron chi connectivity index (χ4n) is 2.84. The predicted octanol–water partition coefficient (Wildman–Crippen LogP) is 3.83. The number of anilines is 2. The molecule has 1 N–H and O–H groups in total. The first-order valence-corrected chi connectivity index (χ1v) is 8.73. The lowest BCUT2D eigenvalue weighted by Gasteiger charge is -2.06. The minimum absolute atomic E-state index is 0.0309. The van der Waals surface area contributed by atoms with Crippen molar-refractivity contribution in [3.05, 3.63) is 69.1 Å². The van der Waals surface area contributed by atoms with Crippen LogP contribution in [0.25, 0.3) is 16.6 Å². The molecule has 148 valence electrons. The van der Waals surface area contributed by atoms with Crippen LogP contribution in [0, 0.1) is 34.2 Å². The molecule has 4 rings (SSSR count). The Hall–Kier alpha value is -4.17. The van der Waals surface area contributed by atoms with E-state index >= 15 is 0 Å². The molecular formula is C18H10ClFN8O2. The molecule has 30 heavy (non-hydrogen) atoms. The minimum atomic E-state index is -0.690. The summed E-state index contributed by atoms with van der Waals surface area (Å²) in [5.41, 5.74) is 0.348. The van der Waals surface area contributed by atoms with Crippen LogP contribution in [0.4, 0.5) is 21.7 Å². The number of aryl methyl sites for hydroxylation is 1. The lowest BCUT2D eigenvalue weighted by Crippen LogP contribution is -2.01. The second-order valence-corrected chi connectivity index (χ2v) is 6.56. The van der Waals surface area contributed by atoms with Gasteiger partial charge in [-0.15, -0.1) is 0 Å². The molecule has 0 aliphatic heterocycles. The van der Waals surface area contributed by atoms with Crippen LogP contribution in [0.2, 0.25) is 5.02 Å². The molecule has 3 aromatic heterocycles. The summed E-state index contributed by atoms with van der Waals surface area (Å²) in [6, 6.07) is 5.71. The van der Waals surface area contributed by atoms with E-state index in [1.165, 1.54) is 17.2 Å². The molecule has 0 amide bonds. The number of nitro benzene ring substituents is 1. The van der Waals surface area contributed by atoms with E-state index in [9.17, 15) is 19.8 Å². The van der Waals surface area contributed by atoms with E-state index in [1.807, 2.05) is 6.07 Å². The molecule has 0 spiro atoms. The average molecular weight is 425 g/mol. The number of hydrogen-bond acceptors (Lipinski definition) is 8. The van der Waals surface area contributed by atoms with Crippen LogP contribution < -0.4 is 5.32 Å². The monoisotopic (exact) mass is 424 g/mol. The number of nitro groups is 1. The molecule has 4 aromatic rings. The maximum atomic E-state index is 14.4. The van der Waals surface area contributed by atoms with Gasteiger partial charge in [0, 0.05) is 30.1 Å². The van der Waals surface area contributed by atoms with Crippen LogP contribution in [-0.2, 0) is 0 Å². The first-order chi connectivity index (χ1) is 14.4. The summed E-state index contributed by atoms with van der Waals surface area (Å²) in [5.74, 6) is 0.0266. The molecule has 0 saturated carbocycles. The molecule has 10 nitrogen and oxygen atoms in total. The maximum absolute atomic E-state index is 14.4. The number of nitrogens with one attached hydrogen (secondary N) is 1. The average Bonchev–Trinajstić information content (AvgIpc) is 3.15. The number of hydrogen-bond donors (Lipinski definition) is 1. The molecule has 0 radical (unpaired) electrons. The SMILES string of the molecule is Cc1cc(Nc2ncc(F)c3nn(-c4c(Cl)cc([N+](=O)[O-])cc4C#N)cc23)ncn1. The van der Waals surface area contributed by atoms with Crippen LogP contribution in [0.1, 0.15) is 11.3 Å². The highest BCUT2D eigenvalue weighted by Gasteiger charge is 2.20. The quantitative estimate of drug-likeness (QED) is 0.385. The number of rotatable bonds is 4. The standard InChI is InChI=1S/C18H10ClFN8O2/c1-9-2-15(24-8-23-9)25-18-12-7-27(26-16(12)14(20)6-22-18)17-10(5-21)3-11(28(29)30)4-13(17)19/h2-4,6-8H,1H3,(H,22,23,24,25). The molecule has 0 aliphatic carbocycles. The van der Waals surface area contributed by atoms with Crippen molar-refractivity contribution in [1.29, 1.82) is 5.26 Å². The Morgan fingerprint density at radius 1 is 1.30 bits per heavy atom. The second kappa shape index (κ2) is 7.34. The number of pyridine rings is 1. The first kappa shape index (κ1) is 19.2. The Morgan fingerprint density at radius 2 is 2.10 bits per heavy atom. The van der Waals surface area contributed by atoms with E-state index in [-0.39, 0.29) is 33.3 Å². The lowest BCUT2D eigenvalue weighted by atomic mass is 10.1. The third kappa shape index (κ3) is 3.36. The van der Waals surface area contributed by atoms with Crippen molar-refractivity contribution >= 4 is 39.8 Å². The van der Waals surface area contributed by atoms with Crippen LogP contribution in [0.3, 0.4) is 0 Å². The summed E-state index contributed by atoms with van der Waals surface area (Å²) in [6.45, 7) is 1.79. The van der Waals surface area contributed by atoms with Gasteiger partial charge in [-0.3, -0.25) is 10.1 Å². The molecule has 0 unspecified atom stereocenters. The van der Waals surface area contributed by atoms with Crippen LogP contribution in [-0.4, -0.2) is 29.7 Å². The Morgan fingerprint density at radius 3 is 2.80 bits per heavy atom. The third-order valence-electron chi connectivity index (χ3n) is 4.16. The molecule has 12 heteroatoms. The van der Waals surface area contributed by atoms with Crippen molar-refractivity contribution in [2.45, 2.75) is 6.92 Å². The zero-order chi connectivity index (χ0) is 21.4. The Bertz CT molecular complexity index is 1360. The van der Waals surface area contributed by atoms with E-state index in [1.54, 1.807) is 13.0 Å². The van der Waals surface area contributed by atoms with Gasteiger partial charge in [-0.1, -0.05) is 11.6 Å². The number of fused-ring (bicyclic) bond motifs is 1. The highest BCUT2D eigenvalue weighted by molar-refractivity contribution is 6.32. The van der Waals surface area contributed by atoms with Gasteiger partial charge in [-0.05, 0) is 6.92 Å². The summed E-state index contributed by atoms with van der Waals surface area (Å²) in [6.07, 6.45) is 3.80. The normalized spacial score (nSPS) is 10.7. The molecule has 0 saturated heterocycles. The minimum Gasteiger partial charge on any atom is -0.324 e. The number of non-ortho nitro benzene ring substituents is 1. The van der Waals surface area contributed by atoms with Crippen molar-refractivity contribution in [2.24, 2.45) is 0 Å². The smallest absolute Gasteiger partial charge is 0.272 e. The summed E-state index contributed by atoms with van der Waals surface area (Å²) in [4.78, 5) is 22.5. The molecule has 0 atom stereocenters. The van der Waals surface area contributed by atoms with Crippen LogP contribution in [0.15, 0.2) is 36.9 Å². The molecular weight excluding hydrogens is 415 g/mol. The molecule has 0 fully saturated rings. The van der Waals surface area contributed by atoms with Gasteiger partial charge in [0.2, 0.25) is 0 Å². The van der Waals surface area contributed by atoms with E-state index in [0.717, 1.165) is 24.0 Å². The second-order valence-electron chi connectivity index (χ2n) is 6.15. The Balaban J connectivity index is 1.88. The van der Waals surface area contributed by atoms with Gasteiger partial charge in [-0.25, -0.2) is 24.0 Å². The Kier molecular flexibility index (Phi) is 4.69. The van der Waals surface area contributed by atoms with Gasteiger partial charge in [0.1, 0.15) is 35.2 Å². The van der Waals surface area contributed by atoms with E-state index in [4.69, 9.17) is 11.6 Å². The summed E-state index contributed by atoms with van der Waals surface area (Å²) < 4.78 is 15.6. The van der Waals surface area contributed by atoms with Gasteiger partial charge >= 0.3 is 0 Å². The molecule has 3 heterocycles. The van der Waals surface area contributed by atoms with Crippen molar-refractivity contribution in [1.82, 2.24) is 24.7 Å². The number of benzene rings is 1. The van der Waals surface area contributed by atoms with Gasteiger partial charge in [-0.2, -0.15) is 10.4 Å². The molecule has 0 aliphatic rings.